The van der Waals surface area contributed by atoms with E-state index in [-0.39, 0.29) is 6.10 Å². The molecular weight excluding hydrogens is 266 g/mol. The van der Waals surface area contributed by atoms with Crippen LogP contribution in [-0.4, -0.2) is 37.4 Å². The van der Waals surface area contributed by atoms with Gasteiger partial charge >= 0.3 is 5.97 Å². The Morgan fingerprint density at radius 2 is 2.37 bits per heavy atom. The summed E-state index contributed by atoms with van der Waals surface area (Å²) in [4.78, 5) is 12.7. The maximum Gasteiger partial charge on any atom is 0.328 e. The fourth-order valence-electron chi connectivity index (χ4n) is 2.16. The largest absolute Gasteiger partial charge is 0.478 e. The minimum absolute atomic E-state index is 0.269. The van der Waals surface area contributed by atoms with E-state index in [4.69, 9.17) is 21.4 Å². The van der Waals surface area contributed by atoms with Gasteiger partial charge in [-0.2, -0.15) is 0 Å². The summed E-state index contributed by atoms with van der Waals surface area (Å²) >= 11 is 6.16. The second kappa shape index (κ2) is 6.08. The van der Waals surface area contributed by atoms with Crippen molar-refractivity contribution in [3.63, 3.8) is 0 Å². The quantitative estimate of drug-likeness (QED) is 0.862. The maximum atomic E-state index is 10.5. The number of ether oxygens (including phenoxy) is 1. The Hall–Kier alpha value is -1.52. The molecule has 1 aliphatic heterocycles. The van der Waals surface area contributed by atoms with Gasteiger partial charge in [-0.3, -0.25) is 0 Å². The van der Waals surface area contributed by atoms with E-state index in [9.17, 15) is 4.79 Å². The maximum absolute atomic E-state index is 10.5. The number of carboxylic acid groups (broad SMARTS) is 1. The molecule has 0 bridgehead atoms. The number of carboxylic acids is 1. The number of nitrogens with zero attached hydrogens (tertiary/aromatic N) is 1. The van der Waals surface area contributed by atoms with Crippen LogP contribution < -0.4 is 4.90 Å². The van der Waals surface area contributed by atoms with Gasteiger partial charge in [0.2, 0.25) is 0 Å². The van der Waals surface area contributed by atoms with Crippen LogP contribution in [0.1, 0.15) is 12.0 Å². The van der Waals surface area contributed by atoms with Crippen molar-refractivity contribution in [1.82, 2.24) is 0 Å². The lowest BCUT2D eigenvalue weighted by Crippen LogP contribution is -2.22. The summed E-state index contributed by atoms with van der Waals surface area (Å²) in [5.74, 6) is -0.984. The third kappa shape index (κ3) is 3.49. The molecule has 0 spiro atoms. The predicted octanol–water partition coefficient (Wildman–Crippen LogP) is 2.66. The highest BCUT2D eigenvalue weighted by Crippen LogP contribution is 2.27. The SMILES string of the molecule is COC1CCN(c2ccc(/C=C/C(=O)O)c(Cl)c2)C1. The van der Waals surface area contributed by atoms with Crippen LogP contribution in [0.4, 0.5) is 5.69 Å². The minimum atomic E-state index is -0.984. The van der Waals surface area contributed by atoms with E-state index in [1.54, 1.807) is 7.11 Å². The van der Waals surface area contributed by atoms with Gasteiger partial charge in [-0.1, -0.05) is 17.7 Å². The lowest BCUT2D eigenvalue weighted by atomic mass is 10.2. The van der Waals surface area contributed by atoms with Crippen LogP contribution in [0, 0.1) is 0 Å². The first kappa shape index (κ1) is 13.9. The normalized spacial score (nSPS) is 19.3. The summed E-state index contributed by atoms with van der Waals surface area (Å²) < 4.78 is 5.33. The Morgan fingerprint density at radius 3 is 2.95 bits per heavy atom. The molecule has 4 nitrogen and oxygen atoms in total. The number of aliphatic carboxylic acids is 1. The van der Waals surface area contributed by atoms with Crippen LogP contribution >= 0.6 is 11.6 Å². The number of halogens is 1. The molecule has 0 aromatic heterocycles. The van der Waals surface area contributed by atoms with Crippen molar-refractivity contribution in [2.75, 3.05) is 25.1 Å². The molecule has 1 unspecified atom stereocenters. The fourth-order valence-corrected chi connectivity index (χ4v) is 2.40. The molecular formula is C14H16ClNO3. The van der Waals surface area contributed by atoms with Crippen LogP contribution in [0.5, 0.6) is 0 Å². The van der Waals surface area contributed by atoms with Gasteiger partial charge in [-0.15, -0.1) is 0 Å². The number of hydrogen-bond donors (Lipinski definition) is 1. The van der Waals surface area contributed by atoms with Crippen molar-refractivity contribution < 1.29 is 14.6 Å². The second-order valence-corrected chi connectivity index (χ2v) is 4.88. The third-order valence-electron chi connectivity index (χ3n) is 3.23. The third-order valence-corrected chi connectivity index (χ3v) is 3.56. The zero-order chi connectivity index (χ0) is 13.8. The number of carbonyl (C=O) groups is 1. The summed E-state index contributed by atoms with van der Waals surface area (Å²) in [7, 11) is 1.72. The van der Waals surface area contributed by atoms with Crippen molar-refractivity contribution in [2.24, 2.45) is 0 Å². The molecule has 1 fully saturated rings. The standard InChI is InChI=1S/C14H16ClNO3/c1-19-12-6-7-16(9-12)11-4-2-10(13(15)8-11)3-5-14(17)18/h2-5,8,12H,6-7,9H2,1H3,(H,17,18)/b5-3+. The van der Waals surface area contributed by atoms with Gasteiger partial charge < -0.3 is 14.7 Å². The summed E-state index contributed by atoms with van der Waals surface area (Å²) in [6, 6.07) is 5.64. The van der Waals surface area contributed by atoms with Gasteiger partial charge in [0, 0.05) is 37.0 Å². The first-order valence-electron chi connectivity index (χ1n) is 6.08. The van der Waals surface area contributed by atoms with E-state index in [0.29, 0.717) is 10.6 Å². The average Bonchev–Trinajstić information content (AvgIpc) is 2.85. The summed E-state index contributed by atoms with van der Waals surface area (Å²) in [6.45, 7) is 1.80. The highest BCUT2D eigenvalue weighted by molar-refractivity contribution is 6.32. The van der Waals surface area contributed by atoms with Crippen LogP contribution in [-0.2, 0) is 9.53 Å². The summed E-state index contributed by atoms with van der Waals surface area (Å²) in [5.41, 5.74) is 1.74. The zero-order valence-corrected chi connectivity index (χ0v) is 11.4. The van der Waals surface area contributed by atoms with Gasteiger partial charge in [-0.25, -0.2) is 4.79 Å². The molecule has 2 rings (SSSR count). The van der Waals surface area contributed by atoms with E-state index in [1.165, 1.54) is 6.08 Å². The molecule has 1 heterocycles. The van der Waals surface area contributed by atoms with Gasteiger partial charge in [0.05, 0.1) is 6.10 Å². The van der Waals surface area contributed by atoms with Crippen molar-refractivity contribution >= 4 is 29.3 Å². The lowest BCUT2D eigenvalue weighted by Gasteiger charge is -2.19. The molecule has 0 saturated carbocycles. The number of rotatable bonds is 4. The Labute approximate surface area is 117 Å². The molecule has 102 valence electrons. The summed E-state index contributed by atoms with van der Waals surface area (Å²) in [6.07, 6.45) is 3.86. The number of benzene rings is 1. The van der Waals surface area contributed by atoms with Crippen LogP contribution in [0.15, 0.2) is 24.3 Å². The molecule has 1 saturated heterocycles. The molecule has 0 radical (unpaired) electrons. The molecule has 5 heteroatoms. The van der Waals surface area contributed by atoms with E-state index in [1.807, 2.05) is 18.2 Å². The van der Waals surface area contributed by atoms with Gasteiger partial charge in [-0.05, 0) is 30.2 Å². The molecule has 0 amide bonds. The lowest BCUT2D eigenvalue weighted by molar-refractivity contribution is -0.131. The minimum Gasteiger partial charge on any atom is -0.478 e. The molecule has 19 heavy (non-hydrogen) atoms. The predicted molar refractivity (Wildman–Crippen MR) is 75.7 cm³/mol. The second-order valence-electron chi connectivity index (χ2n) is 4.47. The van der Waals surface area contributed by atoms with Crippen molar-refractivity contribution in [3.05, 3.63) is 34.9 Å². The molecule has 1 aliphatic rings. The Bertz CT molecular complexity index is 501. The van der Waals surface area contributed by atoms with Crippen molar-refractivity contribution in [1.29, 1.82) is 0 Å². The molecule has 1 atom stereocenters. The van der Waals surface area contributed by atoms with Crippen molar-refractivity contribution in [3.8, 4) is 0 Å². The van der Waals surface area contributed by atoms with Gasteiger partial charge in [0.25, 0.3) is 0 Å². The average molecular weight is 282 g/mol. The first-order valence-corrected chi connectivity index (χ1v) is 6.46. The van der Waals surface area contributed by atoms with Crippen LogP contribution in [0.25, 0.3) is 6.08 Å². The smallest absolute Gasteiger partial charge is 0.328 e. The van der Waals surface area contributed by atoms with Gasteiger partial charge in [0.1, 0.15) is 0 Å². The van der Waals surface area contributed by atoms with E-state index >= 15 is 0 Å². The fraction of sp³-hybridized carbons (Fsp3) is 0.357. The molecule has 1 aromatic rings. The molecule has 1 aromatic carbocycles. The van der Waals surface area contributed by atoms with E-state index in [0.717, 1.165) is 31.3 Å². The van der Waals surface area contributed by atoms with E-state index in [2.05, 4.69) is 4.90 Å². The highest BCUT2D eigenvalue weighted by Gasteiger charge is 2.22. The first-order chi connectivity index (χ1) is 9.10. The molecule has 1 N–H and O–H groups in total. The van der Waals surface area contributed by atoms with Crippen LogP contribution in [0.2, 0.25) is 5.02 Å². The Balaban J connectivity index is 2.13. The summed E-state index contributed by atoms with van der Waals surface area (Å²) in [5, 5.41) is 9.15. The highest BCUT2D eigenvalue weighted by atomic mass is 35.5. The number of methoxy groups -OCH3 is 1. The van der Waals surface area contributed by atoms with Gasteiger partial charge in [0.15, 0.2) is 0 Å². The Kier molecular flexibility index (Phi) is 4.45. The number of hydrogen-bond acceptors (Lipinski definition) is 3. The molecule has 0 aliphatic carbocycles. The monoisotopic (exact) mass is 281 g/mol. The van der Waals surface area contributed by atoms with E-state index < -0.39 is 5.97 Å². The van der Waals surface area contributed by atoms with Crippen LogP contribution in [0.3, 0.4) is 0 Å². The van der Waals surface area contributed by atoms with Crippen molar-refractivity contribution in [2.45, 2.75) is 12.5 Å². The Morgan fingerprint density at radius 1 is 1.58 bits per heavy atom. The number of anilines is 1. The topological polar surface area (TPSA) is 49.8 Å². The zero-order valence-electron chi connectivity index (χ0n) is 10.7.